The van der Waals surface area contributed by atoms with Gasteiger partial charge < -0.3 is 20.3 Å². The van der Waals surface area contributed by atoms with Crippen molar-refractivity contribution >= 4 is 29.1 Å². The van der Waals surface area contributed by atoms with Crippen molar-refractivity contribution in [2.45, 2.75) is 19.1 Å². The summed E-state index contributed by atoms with van der Waals surface area (Å²) in [6, 6.07) is 18.1. The average Bonchev–Trinajstić information content (AvgIpc) is 3.29. The number of para-hydroxylation sites is 1. The highest BCUT2D eigenvalue weighted by molar-refractivity contribution is 6.07. The number of amides is 3. The maximum Gasteiger partial charge on any atom is 0.416 e. The lowest BCUT2D eigenvalue weighted by molar-refractivity contribution is -0.137. The van der Waals surface area contributed by atoms with Gasteiger partial charge in [-0.3, -0.25) is 14.4 Å². The molecule has 1 fully saturated rings. The summed E-state index contributed by atoms with van der Waals surface area (Å²) in [5.41, 5.74) is 0.527. The zero-order chi connectivity index (χ0) is 26.6. The van der Waals surface area contributed by atoms with E-state index < -0.39 is 35.4 Å². The van der Waals surface area contributed by atoms with E-state index >= 15 is 0 Å². The molecule has 7 nitrogen and oxygen atoms in total. The molecule has 0 saturated carbocycles. The van der Waals surface area contributed by atoms with Crippen molar-refractivity contribution in [1.82, 2.24) is 5.32 Å². The summed E-state index contributed by atoms with van der Waals surface area (Å²) >= 11 is 0. The maximum atomic E-state index is 13.1. The molecule has 10 heteroatoms. The molecule has 1 heterocycles. The highest BCUT2D eigenvalue weighted by Crippen LogP contribution is 2.33. The Balaban J connectivity index is 1.43. The first-order valence-electron chi connectivity index (χ1n) is 11.4. The van der Waals surface area contributed by atoms with E-state index in [1.807, 2.05) is 6.07 Å². The number of benzene rings is 3. The van der Waals surface area contributed by atoms with Crippen molar-refractivity contribution in [1.29, 1.82) is 0 Å². The first-order valence-corrected chi connectivity index (χ1v) is 11.4. The Hall–Kier alpha value is -4.34. The lowest BCUT2D eigenvalue weighted by Gasteiger charge is -2.18. The monoisotopic (exact) mass is 511 g/mol. The number of rotatable bonds is 7. The number of nitrogens with zero attached hydrogens (tertiary/aromatic N) is 1. The number of anilines is 2. The van der Waals surface area contributed by atoms with Crippen LogP contribution >= 0.6 is 0 Å². The van der Waals surface area contributed by atoms with E-state index in [1.54, 1.807) is 49.6 Å². The van der Waals surface area contributed by atoms with Gasteiger partial charge in [0.2, 0.25) is 11.8 Å². The fraction of sp³-hybridized carbons (Fsp3) is 0.222. The Labute approximate surface area is 211 Å². The topological polar surface area (TPSA) is 87.7 Å². The van der Waals surface area contributed by atoms with Crippen molar-refractivity contribution < 1.29 is 32.3 Å². The van der Waals surface area contributed by atoms with Crippen LogP contribution in [0.3, 0.4) is 0 Å². The SMILES string of the molecule is COc1cccc(CNC(=O)c2ccccc2NC(=O)[C@@H]2CC(=O)N(c3cccc(C(F)(F)F)c3)C2)c1. The van der Waals surface area contributed by atoms with Gasteiger partial charge in [0.15, 0.2) is 0 Å². The van der Waals surface area contributed by atoms with Gasteiger partial charge in [-0.15, -0.1) is 0 Å². The summed E-state index contributed by atoms with van der Waals surface area (Å²) in [5.74, 6) is -1.51. The number of carbonyl (C=O) groups is 3. The first-order chi connectivity index (χ1) is 17.7. The van der Waals surface area contributed by atoms with Crippen LogP contribution in [0.2, 0.25) is 0 Å². The van der Waals surface area contributed by atoms with Gasteiger partial charge in [-0.2, -0.15) is 13.2 Å². The van der Waals surface area contributed by atoms with Crippen molar-refractivity contribution in [2.24, 2.45) is 5.92 Å². The van der Waals surface area contributed by atoms with Gasteiger partial charge in [-0.1, -0.05) is 30.3 Å². The number of carbonyl (C=O) groups excluding carboxylic acids is 3. The van der Waals surface area contributed by atoms with Gasteiger partial charge in [-0.05, 0) is 48.0 Å². The summed E-state index contributed by atoms with van der Waals surface area (Å²) in [7, 11) is 1.55. The molecule has 1 aliphatic rings. The van der Waals surface area contributed by atoms with Gasteiger partial charge in [0.05, 0.1) is 29.8 Å². The van der Waals surface area contributed by atoms with Crippen molar-refractivity contribution in [3.8, 4) is 5.75 Å². The lowest BCUT2D eigenvalue weighted by atomic mass is 10.1. The third kappa shape index (κ3) is 6.08. The molecule has 1 atom stereocenters. The van der Waals surface area contributed by atoms with Crippen LogP contribution in [0.4, 0.5) is 24.5 Å². The molecular weight excluding hydrogens is 487 g/mol. The Morgan fingerprint density at radius 2 is 1.78 bits per heavy atom. The molecule has 2 N–H and O–H groups in total. The Morgan fingerprint density at radius 3 is 2.54 bits per heavy atom. The quantitative estimate of drug-likeness (QED) is 0.484. The van der Waals surface area contributed by atoms with Gasteiger partial charge in [0.25, 0.3) is 5.91 Å². The van der Waals surface area contributed by atoms with Gasteiger partial charge in [0.1, 0.15) is 5.75 Å². The van der Waals surface area contributed by atoms with Crippen molar-refractivity contribution in [3.63, 3.8) is 0 Å². The maximum absolute atomic E-state index is 13.1. The summed E-state index contributed by atoms with van der Waals surface area (Å²) in [4.78, 5) is 39.5. The fourth-order valence-corrected chi connectivity index (χ4v) is 4.07. The summed E-state index contributed by atoms with van der Waals surface area (Å²) in [6.07, 6.45) is -4.71. The average molecular weight is 512 g/mol. The molecular formula is C27H24F3N3O4. The van der Waals surface area contributed by atoms with E-state index in [0.29, 0.717) is 5.75 Å². The van der Waals surface area contributed by atoms with Crippen LogP contribution in [0.1, 0.15) is 27.9 Å². The van der Waals surface area contributed by atoms with E-state index in [2.05, 4.69) is 10.6 Å². The van der Waals surface area contributed by atoms with Gasteiger partial charge in [0, 0.05) is 25.2 Å². The molecule has 192 valence electrons. The van der Waals surface area contributed by atoms with Crippen LogP contribution in [0.5, 0.6) is 5.75 Å². The van der Waals surface area contributed by atoms with Crippen LogP contribution in [-0.2, 0) is 22.3 Å². The smallest absolute Gasteiger partial charge is 0.416 e. The highest BCUT2D eigenvalue weighted by atomic mass is 19.4. The number of halogens is 3. The van der Waals surface area contributed by atoms with Crippen LogP contribution in [0.15, 0.2) is 72.8 Å². The Bertz CT molecular complexity index is 1330. The molecule has 0 aromatic heterocycles. The molecule has 0 unspecified atom stereocenters. The molecule has 0 bridgehead atoms. The highest BCUT2D eigenvalue weighted by Gasteiger charge is 2.37. The number of hydrogen-bond donors (Lipinski definition) is 2. The van der Waals surface area contributed by atoms with Gasteiger partial charge in [-0.25, -0.2) is 0 Å². The lowest BCUT2D eigenvalue weighted by Crippen LogP contribution is -2.29. The normalized spacial score (nSPS) is 15.4. The summed E-state index contributed by atoms with van der Waals surface area (Å²) < 4.78 is 44.4. The van der Waals surface area contributed by atoms with Crippen LogP contribution in [0.25, 0.3) is 0 Å². The second kappa shape index (κ2) is 10.7. The minimum atomic E-state index is -4.55. The number of nitrogens with one attached hydrogen (secondary N) is 2. The predicted molar refractivity (Wildman–Crippen MR) is 131 cm³/mol. The molecule has 3 aromatic carbocycles. The van der Waals surface area contributed by atoms with Crippen molar-refractivity contribution in [2.75, 3.05) is 23.9 Å². The molecule has 1 saturated heterocycles. The molecule has 3 amide bonds. The van der Waals surface area contributed by atoms with Gasteiger partial charge >= 0.3 is 6.18 Å². The number of hydrogen-bond acceptors (Lipinski definition) is 4. The number of alkyl halides is 3. The Kier molecular flexibility index (Phi) is 7.47. The summed E-state index contributed by atoms with van der Waals surface area (Å²) in [5, 5.41) is 5.50. The third-order valence-electron chi connectivity index (χ3n) is 6.00. The minimum absolute atomic E-state index is 0.0732. The molecule has 3 aromatic rings. The predicted octanol–water partition coefficient (Wildman–Crippen LogP) is 4.64. The first kappa shape index (κ1) is 25.7. The van der Waals surface area contributed by atoms with Crippen molar-refractivity contribution in [3.05, 3.63) is 89.5 Å². The molecule has 4 rings (SSSR count). The standard InChI is InChI=1S/C27H24F3N3O4/c1-37-21-9-4-6-17(12-21)15-31-26(36)22-10-2-3-11-23(22)32-25(35)18-13-24(34)33(16-18)20-8-5-7-19(14-20)27(28,29)30/h2-12,14,18H,13,15-16H2,1H3,(H,31,36)(H,32,35)/t18-/m1/s1. The zero-order valence-electron chi connectivity index (χ0n) is 19.8. The van der Waals surface area contributed by atoms with Crippen LogP contribution in [-0.4, -0.2) is 31.4 Å². The van der Waals surface area contributed by atoms with E-state index in [0.717, 1.165) is 17.7 Å². The van der Waals surface area contributed by atoms with Crippen LogP contribution < -0.4 is 20.3 Å². The van der Waals surface area contributed by atoms with E-state index in [-0.39, 0.29) is 36.4 Å². The summed E-state index contributed by atoms with van der Waals surface area (Å²) in [6.45, 7) is 0.164. The van der Waals surface area contributed by atoms with Crippen LogP contribution in [0, 0.1) is 5.92 Å². The van der Waals surface area contributed by atoms with E-state index in [4.69, 9.17) is 4.74 Å². The minimum Gasteiger partial charge on any atom is -0.497 e. The molecule has 37 heavy (non-hydrogen) atoms. The second-order valence-electron chi connectivity index (χ2n) is 8.52. The second-order valence-corrected chi connectivity index (χ2v) is 8.52. The number of methoxy groups -OCH3 is 1. The van der Waals surface area contributed by atoms with E-state index in [1.165, 1.54) is 17.0 Å². The number of ether oxygens (including phenoxy) is 1. The third-order valence-corrected chi connectivity index (χ3v) is 6.00. The molecule has 0 radical (unpaired) electrons. The zero-order valence-corrected chi connectivity index (χ0v) is 19.8. The largest absolute Gasteiger partial charge is 0.497 e. The fourth-order valence-electron chi connectivity index (χ4n) is 4.07. The molecule has 0 spiro atoms. The Morgan fingerprint density at radius 1 is 1.03 bits per heavy atom. The molecule has 1 aliphatic heterocycles. The van der Waals surface area contributed by atoms with E-state index in [9.17, 15) is 27.6 Å². The molecule has 0 aliphatic carbocycles.